The summed E-state index contributed by atoms with van der Waals surface area (Å²) in [6.45, 7) is 3.83. The maximum Gasteiger partial charge on any atom is 0.163 e. The Labute approximate surface area is 95.6 Å². The molecule has 0 saturated carbocycles. The molecule has 0 aromatic heterocycles. The summed E-state index contributed by atoms with van der Waals surface area (Å²) < 4.78 is 0. The third kappa shape index (κ3) is 3.28. The first-order valence-electron chi connectivity index (χ1n) is 5.31. The number of ketones is 1. The fourth-order valence-electron chi connectivity index (χ4n) is 1.42. The predicted octanol–water partition coefficient (Wildman–Crippen LogP) is 2.04. The van der Waals surface area contributed by atoms with Gasteiger partial charge in [0.2, 0.25) is 0 Å². The van der Waals surface area contributed by atoms with E-state index in [1.165, 1.54) is 0 Å². The molecule has 1 aromatic carbocycles. The van der Waals surface area contributed by atoms with Crippen LogP contribution >= 0.6 is 0 Å². The van der Waals surface area contributed by atoms with Crippen LogP contribution in [0.15, 0.2) is 24.3 Å². The number of hydrogen-bond acceptors (Lipinski definition) is 3. The zero-order valence-electron chi connectivity index (χ0n) is 9.69. The highest BCUT2D eigenvalue weighted by atomic mass is 16.1. The van der Waals surface area contributed by atoms with Gasteiger partial charge in [-0.15, -0.1) is 0 Å². The normalized spacial score (nSPS) is 11.2. The van der Waals surface area contributed by atoms with Gasteiger partial charge in [0.05, 0.1) is 0 Å². The molecule has 0 aliphatic heterocycles. The minimum Gasteiger partial charge on any atom is -0.322 e. The molecule has 0 unspecified atom stereocenters. The second-order valence-corrected chi connectivity index (χ2v) is 4.43. The summed E-state index contributed by atoms with van der Waals surface area (Å²) in [6.07, 6.45) is 1.31. The van der Waals surface area contributed by atoms with E-state index in [1.54, 1.807) is 12.1 Å². The lowest BCUT2D eigenvalue weighted by molar-refractivity contribution is -0.107. The zero-order chi connectivity index (χ0) is 12.2. The zero-order valence-corrected chi connectivity index (χ0v) is 9.69. The standard InChI is InChI=1S/C13H17NO2/c1-13(2,14)11-7-5-10(6-8-11)12(16)4-3-9-15/h5-9H,3-4,14H2,1-2H3. The molecule has 16 heavy (non-hydrogen) atoms. The van der Waals surface area contributed by atoms with Gasteiger partial charge in [0.25, 0.3) is 0 Å². The Hall–Kier alpha value is -1.48. The van der Waals surface area contributed by atoms with Gasteiger partial charge >= 0.3 is 0 Å². The predicted molar refractivity (Wildman–Crippen MR) is 63.3 cm³/mol. The van der Waals surface area contributed by atoms with E-state index in [0.717, 1.165) is 11.8 Å². The van der Waals surface area contributed by atoms with Crippen molar-refractivity contribution in [3.05, 3.63) is 35.4 Å². The first-order chi connectivity index (χ1) is 7.45. The molecule has 0 aliphatic carbocycles. The van der Waals surface area contributed by atoms with Gasteiger partial charge in [0.1, 0.15) is 6.29 Å². The molecule has 0 radical (unpaired) electrons. The van der Waals surface area contributed by atoms with Gasteiger partial charge < -0.3 is 10.5 Å². The van der Waals surface area contributed by atoms with Gasteiger partial charge in [0.15, 0.2) is 5.78 Å². The quantitative estimate of drug-likeness (QED) is 0.609. The molecule has 3 nitrogen and oxygen atoms in total. The largest absolute Gasteiger partial charge is 0.322 e. The van der Waals surface area contributed by atoms with Crippen molar-refractivity contribution < 1.29 is 9.59 Å². The van der Waals surface area contributed by atoms with Crippen LogP contribution in [-0.2, 0) is 10.3 Å². The minimum absolute atomic E-state index is 0.00604. The molecule has 0 aliphatic rings. The fourth-order valence-corrected chi connectivity index (χ4v) is 1.42. The number of benzene rings is 1. The number of carbonyl (C=O) groups is 2. The average Bonchev–Trinajstić information content (AvgIpc) is 2.25. The Morgan fingerprint density at radius 1 is 1.31 bits per heavy atom. The molecule has 3 heteroatoms. The molecule has 0 atom stereocenters. The second kappa shape index (κ2) is 5.03. The molecule has 2 N–H and O–H groups in total. The van der Waals surface area contributed by atoms with Crippen molar-refractivity contribution >= 4 is 12.1 Å². The molecule has 0 saturated heterocycles. The third-order valence-electron chi connectivity index (χ3n) is 2.44. The van der Waals surface area contributed by atoms with Crippen LogP contribution in [0.5, 0.6) is 0 Å². The average molecular weight is 219 g/mol. The highest BCUT2D eigenvalue weighted by Gasteiger charge is 2.14. The van der Waals surface area contributed by atoms with Crippen molar-refractivity contribution in [3.8, 4) is 0 Å². The van der Waals surface area contributed by atoms with E-state index in [4.69, 9.17) is 5.73 Å². The lowest BCUT2D eigenvalue weighted by Gasteiger charge is -2.19. The van der Waals surface area contributed by atoms with Gasteiger partial charge in [-0.05, 0) is 19.4 Å². The molecule has 1 aromatic rings. The Kier molecular flexibility index (Phi) is 3.96. The molecular weight excluding hydrogens is 202 g/mol. The van der Waals surface area contributed by atoms with Crippen LogP contribution in [0.25, 0.3) is 0 Å². The summed E-state index contributed by atoms with van der Waals surface area (Å²) in [7, 11) is 0. The number of carbonyl (C=O) groups excluding carboxylic acids is 2. The molecule has 0 spiro atoms. The van der Waals surface area contributed by atoms with Crippen LogP contribution in [-0.4, -0.2) is 12.1 Å². The van der Waals surface area contributed by atoms with E-state index >= 15 is 0 Å². The molecule has 0 bridgehead atoms. The highest BCUT2D eigenvalue weighted by Crippen LogP contribution is 2.17. The van der Waals surface area contributed by atoms with Crippen LogP contribution in [0.3, 0.4) is 0 Å². The summed E-state index contributed by atoms with van der Waals surface area (Å²) in [4.78, 5) is 21.7. The fraction of sp³-hybridized carbons (Fsp3) is 0.385. The third-order valence-corrected chi connectivity index (χ3v) is 2.44. The number of aldehydes is 1. The van der Waals surface area contributed by atoms with Gasteiger partial charge in [-0.25, -0.2) is 0 Å². The summed E-state index contributed by atoms with van der Waals surface area (Å²) in [6, 6.07) is 7.23. The lowest BCUT2D eigenvalue weighted by atomic mass is 9.94. The van der Waals surface area contributed by atoms with Crippen LogP contribution in [0.4, 0.5) is 0 Å². The van der Waals surface area contributed by atoms with Crippen molar-refractivity contribution in [1.29, 1.82) is 0 Å². The van der Waals surface area contributed by atoms with E-state index in [2.05, 4.69) is 0 Å². The number of rotatable bonds is 5. The Morgan fingerprint density at radius 2 is 1.88 bits per heavy atom. The van der Waals surface area contributed by atoms with E-state index in [0.29, 0.717) is 5.56 Å². The van der Waals surface area contributed by atoms with Gasteiger partial charge in [-0.3, -0.25) is 4.79 Å². The van der Waals surface area contributed by atoms with E-state index in [1.807, 2.05) is 26.0 Å². The lowest BCUT2D eigenvalue weighted by Crippen LogP contribution is -2.28. The number of Topliss-reactive ketones (excluding diaryl/α,β-unsaturated/α-hetero) is 1. The first-order valence-corrected chi connectivity index (χ1v) is 5.31. The van der Waals surface area contributed by atoms with Crippen molar-refractivity contribution in [2.75, 3.05) is 0 Å². The maximum absolute atomic E-state index is 11.6. The monoisotopic (exact) mass is 219 g/mol. The highest BCUT2D eigenvalue weighted by molar-refractivity contribution is 5.96. The summed E-state index contributed by atoms with van der Waals surface area (Å²) >= 11 is 0. The molecular formula is C13H17NO2. The van der Waals surface area contributed by atoms with E-state index in [-0.39, 0.29) is 18.6 Å². The van der Waals surface area contributed by atoms with E-state index < -0.39 is 5.54 Å². The topological polar surface area (TPSA) is 60.2 Å². The number of hydrogen-bond donors (Lipinski definition) is 1. The van der Waals surface area contributed by atoms with Crippen LogP contribution in [0.2, 0.25) is 0 Å². The van der Waals surface area contributed by atoms with Crippen molar-refractivity contribution in [2.24, 2.45) is 5.73 Å². The Morgan fingerprint density at radius 3 is 2.31 bits per heavy atom. The summed E-state index contributed by atoms with van der Waals surface area (Å²) in [5, 5.41) is 0. The van der Waals surface area contributed by atoms with Crippen molar-refractivity contribution in [1.82, 2.24) is 0 Å². The molecule has 1 rings (SSSR count). The van der Waals surface area contributed by atoms with Crippen molar-refractivity contribution in [3.63, 3.8) is 0 Å². The minimum atomic E-state index is -0.398. The van der Waals surface area contributed by atoms with Crippen LogP contribution in [0.1, 0.15) is 42.6 Å². The molecule has 0 amide bonds. The van der Waals surface area contributed by atoms with Crippen molar-refractivity contribution in [2.45, 2.75) is 32.2 Å². The first kappa shape index (κ1) is 12.6. The van der Waals surface area contributed by atoms with Gasteiger partial charge in [-0.2, -0.15) is 0 Å². The van der Waals surface area contributed by atoms with Gasteiger partial charge in [-0.1, -0.05) is 24.3 Å². The second-order valence-electron chi connectivity index (χ2n) is 4.43. The van der Waals surface area contributed by atoms with Gasteiger partial charge in [0, 0.05) is 23.9 Å². The number of nitrogens with two attached hydrogens (primary N) is 1. The SMILES string of the molecule is CC(C)(N)c1ccc(C(=O)CCC=O)cc1. The smallest absolute Gasteiger partial charge is 0.163 e. The van der Waals surface area contributed by atoms with Crippen LogP contribution in [0, 0.1) is 0 Å². The summed E-state index contributed by atoms with van der Waals surface area (Å²) in [5.74, 6) is -0.00604. The molecule has 86 valence electrons. The molecule has 0 heterocycles. The van der Waals surface area contributed by atoms with E-state index in [9.17, 15) is 9.59 Å². The maximum atomic E-state index is 11.6. The Balaban J connectivity index is 2.79. The van der Waals surface area contributed by atoms with Crippen LogP contribution < -0.4 is 5.73 Å². The molecule has 0 fully saturated rings. The Bertz CT molecular complexity index is 374. The summed E-state index contributed by atoms with van der Waals surface area (Å²) in [5.41, 5.74) is 7.15.